The third-order valence-electron chi connectivity index (χ3n) is 2.40. The Morgan fingerprint density at radius 2 is 2.19 bits per heavy atom. The molecule has 0 spiro atoms. The Morgan fingerprint density at radius 1 is 1.50 bits per heavy atom. The first kappa shape index (κ1) is 11.6. The minimum Gasteiger partial charge on any atom is -0.359 e. The summed E-state index contributed by atoms with van der Waals surface area (Å²) >= 11 is 0.703. The molecule has 16 heavy (non-hydrogen) atoms. The van der Waals surface area contributed by atoms with E-state index in [1.54, 1.807) is 0 Å². The second-order valence-corrected chi connectivity index (χ2v) is 4.55. The average molecular weight is 252 g/mol. The second kappa shape index (κ2) is 4.17. The number of hydrogen-bond donors (Lipinski definition) is 2. The van der Waals surface area contributed by atoms with Crippen molar-refractivity contribution in [2.75, 3.05) is 11.9 Å². The number of nitrogens with zero attached hydrogens (tertiary/aromatic N) is 2. The SMILES string of the molecule is NC(CNc1nc(C(F)(F)F)ns1)C1CC1. The smallest absolute Gasteiger partial charge is 0.359 e. The van der Waals surface area contributed by atoms with Crippen LogP contribution in [0.3, 0.4) is 0 Å². The van der Waals surface area contributed by atoms with Gasteiger partial charge in [0.1, 0.15) is 0 Å². The van der Waals surface area contributed by atoms with Gasteiger partial charge in [-0.15, -0.1) is 0 Å². The Kier molecular flexibility index (Phi) is 3.02. The summed E-state index contributed by atoms with van der Waals surface area (Å²) in [5.41, 5.74) is 5.79. The van der Waals surface area contributed by atoms with Gasteiger partial charge in [0.15, 0.2) is 0 Å². The molecule has 1 aromatic rings. The summed E-state index contributed by atoms with van der Waals surface area (Å²) < 4.78 is 39.7. The summed E-state index contributed by atoms with van der Waals surface area (Å²) in [5.74, 6) is -0.595. The number of halogens is 3. The van der Waals surface area contributed by atoms with E-state index in [0.29, 0.717) is 24.0 Å². The van der Waals surface area contributed by atoms with Crippen LogP contribution in [0.4, 0.5) is 18.3 Å². The number of hydrogen-bond acceptors (Lipinski definition) is 5. The third kappa shape index (κ3) is 2.82. The summed E-state index contributed by atoms with van der Waals surface area (Å²) in [6.45, 7) is 0.442. The van der Waals surface area contributed by atoms with Crippen molar-refractivity contribution in [2.45, 2.75) is 25.1 Å². The number of nitrogens with one attached hydrogen (secondary N) is 1. The van der Waals surface area contributed by atoms with E-state index < -0.39 is 12.0 Å². The summed E-state index contributed by atoms with van der Waals surface area (Å²) in [6.07, 6.45) is -2.27. The van der Waals surface area contributed by atoms with Crippen molar-refractivity contribution in [1.82, 2.24) is 9.36 Å². The molecular formula is C8H11F3N4S. The van der Waals surface area contributed by atoms with Gasteiger partial charge in [-0.05, 0) is 18.8 Å². The van der Waals surface area contributed by atoms with Gasteiger partial charge in [0.2, 0.25) is 11.0 Å². The highest BCUT2D eigenvalue weighted by Gasteiger charge is 2.36. The number of aromatic nitrogens is 2. The molecule has 1 aromatic heterocycles. The Hall–Kier alpha value is -0.890. The van der Waals surface area contributed by atoms with Gasteiger partial charge in [0, 0.05) is 24.1 Å². The first-order valence-corrected chi connectivity index (χ1v) is 5.64. The molecule has 0 bridgehead atoms. The molecule has 0 saturated heterocycles. The van der Waals surface area contributed by atoms with Crippen molar-refractivity contribution in [3.8, 4) is 0 Å². The summed E-state index contributed by atoms with van der Waals surface area (Å²) in [5, 5.41) is 2.95. The fourth-order valence-electron chi connectivity index (χ4n) is 1.31. The standard InChI is InChI=1S/C8H11F3N4S/c9-8(10,11)6-14-7(16-15-6)13-3-5(12)4-1-2-4/h4-5H,1-3,12H2,(H,13,14,15). The first-order valence-electron chi connectivity index (χ1n) is 4.87. The summed E-state index contributed by atoms with van der Waals surface area (Å²) in [4.78, 5) is 3.35. The fraction of sp³-hybridized carbons (Fsp3) is 0.750. The second-order valence-electron chi connectivity index (χ2n) is 3.80. The summed E-state index contributed by atoms with van der Waals surface area (Å²) in [6, 6.07) is -0.0155. The van der Waals surface area contributed by atoms with E-state index in [1.807, 2.05) is 0 Å². The van der Waals surface area contributed by atoms with Crippen LogP contribution in [0.2, 0.25) is 0 Å². The molecule has 2 rings (SSSR count). The Morgan fingerprint density at radius 3 is 2.69 bits per heavy atom. The topological polar surface area (TPSA) is 63.8 Å². The maximum absolute atomic E-state index is 12.2. The van der Waals surface area contributed by atoms with Crippen molar-refractivity contribution < 1.29 is 13.2 Å². The van der Waals surface area contributed by atoms with Crippen LogP contribution in [-0.2, 0) is 6.18 Å². The molecule has 1 atom stereocenters. The van der Waals surface area contributed by atoms with Gasteiger partial charge < -0.3 is 11.1 Å². The van der Waals surface area contributed by atoms with Gasteiger partial charge in [-0.1, -0.05) is 0 Å². The molecule has 0 aromatic carbocycles. The third-order valence-corrected chi connectivity index (χ3v) is 3.07. The number of alkyl halides is 3. The first-order chi connectivity index (χ1) is 7.47. The van der Waals surface area contributed by atoms with E-state index in [-0.39, 0.29) is 11.2 Å². The van der Waals surface area contributed by atoms with Crippen LogP contribution >= 0.6 is 11.5 Å². The lowest BCUT2D eigenvalue weighted by Crippen LogP contribution is -2.31. The van der Waals surface area contributed by atoms with E-state index >= 15 is 0 Å². The van der Waals surface area contributed by atoms with E-state index in [1.165, 1.54) is 0 Å². The van der Waals surface area contributed by atoms with Crippen LogP contribution < -0.4 is 11.1 Å². The van der Waals surface area contributed by atoms with Gasteiger partial charge >= 0.3 is 6.18 Å². The molecule has 0 radical (unpaired) electrons. The molecule has 1 unspecified atom stereocenters. The van der Waals surface area contributed by atoms with Crippen LogP contribution in [0.25, 0.3) is 0 Å². The number of anilines is 1. The molecule has 1 saturated carbocycles. The van der Waals surface area contributed by atoms with E-state index in [9.17, 15) is 13.2 Å². The number of nitrogens with two attached hydrogens (primary N) is 1. The van der Waals surface area contributed by atoms with Gasteiger partial charge in [-0.2, -0.15) is 22.5 Å². The summed E-state index contributed by atoms with van der Waals surface area (Å²) in [7, 11) is 0. The zero-order valence-corrected chi connectivity index (χ0v) is 9.11. The largest absolute Gasteiger partial charge is 0.452 e. The van der Waals surface area contributed by atoms with Crippen LogP contribution in [-0.4, -0.2) is 21.9 Å². The average Bonchev–Trinajstić information content (AvgIpc) is 2.92. The Bertz CT molecular complexity index is 360. The van der Waals surface area contributed by atoms with E-state index in [2.05, 4.69) is 14.7 Å². The van der Waals surface area contributed by atoms with Crippen LogP contribution in [0, 0.1) is 5.92 Å². The minimum absolute atomic E-state index is 0.0155. The number of rotatable bonds is 4. The highest BCUT2D eigenvalue weighted by atomic mass is 32.1. The molecule has 0 amide bonds. The van der Waals surface area contributed by atoms with Crippen molar-refractivity contribution in [1.29, 1.82) is 0 Å². The molecule has 4 nitrogen and oxygen atoms in total. The normalized spacial score (nSPS) is 18.5. The van der Waals surface area contributed by atoms with Crippen LogP contribution in [0.15, 0.2) is 0 Å². The minimum atomic E-state index is -4.48. The van der Waals surface area contributed by atoms with Crippen molar-refractivity contribution >= 4 is 16.7 Å². The molecule has 1 aliphatic carbocycles. The lowest BCUT2D eigenvalue weighted by Gasteiger charge is -2.09. The Balaban J connectivity index is 1.87. The fourth-order valence-corrected chi connectivity index (χ4v) is 1.90. The van der Waals surface area contributed by atoms with E-state index in [4.69, 9.17) is 5.73 Å². The van der Waals surface area contributed by atoms with E-state index in [0.717, 1.165) is 12.8 Å². The maximum atomic E-state index is 12.2. The van der Waals surface area contributed by atoms with Gasteiger partial charge in [-0.25, -0.2) is 0 Å². The Labute approximate surface area is 94.2 Å². The molecule has 3 N–H and O–H groups in total. The lowest BCUT2D eigenvalue weighted by molar-refractivity contribution is -0.144. The quantitative estimate of drug-likeness (QED) is 0.856. The molecule has 1 heterocycles. The lowest BCUT2D eigenvalue weighted by atomic mass is 10.2. The predicted molar refractivity (Wildman–Crippen MR) is 54.1 cm³/mol. The highest BCUT2D eigenvalue weighted by molar-refractivity contribution is 7.09. The van der Waals surface area contributed by atoms with Crippen molar-refractivity contribution in [2.24, 2.45) is 11.7 Å². The van der Waals surface area contributed by atoms with Gasteiger partial charge in [0.25, 0.3) is 0 Å². The zero-order chi connectivity index (χ0) is 11.8. The molecule has 90 valence electrons. The van der Waals surface area contributed by atoms with Crippen molar-refractivity contribution in [3.63, 3.8) is 0 Å². The maximum Gasteiger partial charge on any atom is 0.452 e. The molecule has 1 fully saturated rings. The van der Waals surface area contributed by atoms with Crippen LogP contribution in [0.1, 0.15) is 18.7 Å². The van der Waals surface area contributed by atoms with Crippen LogP contribution in [0.5, 0.6) is 0 Å². The predicted octanol–water partition coefficient (Wildman–Crippen LogP) is 1.71. The molecule has 8 heteroatoms. The van der Waals surface area contributed by atoms with Gasteiger partial charge in [0.05, 0.1) is 0 Å². The van der Waals surface area contributed by atoms with Gasteiger partial charge in [-0.3, -0.25) is 0 Å². The zero-order valence-electron chi connectivity index (χ0n) is 8.29. The molecule has 0 aliphatic heterocycles. The van der Waals surface area contributed by atoms with Crippen molar-refractivity contribution in [3.05, 3.63) is 5.82 Å². The highest BCUT2D eigenvalue weighted by Crippen LogP contribution is 2.32. The monoisotopic (exact) mass is 252 g/mol. The molecular weight excluding hydrogens is 241 g/mol. The molecule has 1 aliphatic rings.